The van der Waals surface area contributed by atoms with E-state index in [9.17, 15) is 14.4 Å². The zero-order chi connectivity index (χ0) is 24.6. The van der Waals surface area contributed by atoms with Crippen LogP contribution >= 0.6 is 0 Å². The van der Waals surface area contributed by atoms with E-state index in [1.165, 1.54) is 11.1 Å². The normalized spacial score (nSPS) is 21.1. The summed E-state index contributed by atoms with van der Waals surface area (Å²) in [6.45, 7) is 3.43. The van der Waals surface area contributed by atoms with Crippen molar-refractivity contribution in [2.24, 2.45) is 0 Å². The standard InChI is InChI=1S/C28H29N5O3/c34-26-9-8-25(27(35)30-26)32-18-22-16-21(4-7-24(22)28(32)36)20-10-14-31(15-11-20)17-19-2-5-23(6-3-19)33-13-1-12-29-33/h1-7,12-13,16,20,25H,8-11,14-15,17-18H2,(H,30,34,35). The van der Waals surface area contributed by atoms with Gasteiger partial charge < -0.3 is 4.90 Å². The van der Waals surface area contributed by atoms with Gasteiger partial charge in [-0.3, -0.25) is 24.6 Å². The molecule has 1 aromatic heterocycles. The van der Waals surface area contributed by atoms with Gasteiger partial charge in [-0.05, 0) is 79.2 Å². The number of likely N-dealkylation sites (tertiary alicyclic amines) is 1. The molecule has 1 atom stereocenters. The van der Waals surface area contributed by atoms with Crippen LogP contribution in [0.2, 0.25) is 0 Å². The van der Waals surface area contributed by atoms with Crippen molar-refractivity contribution in [3.05, 3.63) is 83.2 Å². The number of carbonyl (C=O) groups excluding carboxylic acids is 3. The van der Waals surface area contributed by atoms with Crippen LogP contribution < -0.4 is 5.32 Å². The zero-order valence-corrected chi connectivity index (χ0v) is 20.1. The van der Waals surface area contributed by atoms with E-state index in [1.807, 2.05) is 23.0 Å². The Morgan fingerprint density at radius 3 is 2.50 bits per heavy atom. The SMILES string of the molecule is O=C1CCC(N2Cc3cc(C4CCN(Cc5ccc(-n6cccn6)cc5)CC4)ccc3C2=O)C(=O)N1. The van der Waals surface area contributed by atoms with Crippen LogP contribution in [0.3, 0.4) is 0 Å². The van der Waals surface area contributed by atoms with Crippen LogP contribution in [-0.4, -0.2) is 56.4 Å². The summed E-state index contributed by atoms with van der Waals surface area (Å²) in [6.07, 6.45) is 6.55. The average Bonchev–Trinajstić information content (AvgIpc) is 3.54. The van der Waals surface area contributed by atoms with Gasteiger partial charge in [-0.25, -0.2) is 4.68 Å². The van der Waals surface area contributed by atoms with Gasteiger partial charge in [0.05, 0.1) is 5.69 Å². The lowest BCUT2D eigenvalue weighted by atomic mass is 9.87. The Balaban J connectivity index is 1.06. The van der Waals surface area contributed by atoms with Gasteiger partial charge in [0.15, 0.2) is 0 Å². The second-order valence-corrected chi connectivity index (χ2v) is 9.98. The fraction of sp³-hybridized carbons (Fsp3) is 0.357. The number of rotatable bonds is 5. The van der Waals surface area contributed by atoms with Gasteiger partial charge in [0.2, 0.25) is 11.8 Å². The number of carbonyl (C=O) groups is 3. The summed E-state index contributed by atoms with van der Waals surface area (Å²) in [7, 11) is 0. The highest BCUT2D eigenvalue weighted by atomic mass is 16.2. The fourth-order valence-corrected chi connectivity index (χ4v) is 5.71. The lowest BCUT2D eigenvalue weighted by Crippen LogP contribution is -2.52. The first-order valence-corrected chi connectivity index (χ1v) is 12.6. The molecule has 1 unspecified atom stereocenters. The molecule has 0 radical (unpaired) electrons. The van der Waals surface area contributed by atoms with Gasteiger partial charge in [-0.2, -0.15) is 5.10 Å². The van der Waals surface area contributed by atoms with E-state index in [4.69, 9.17) is 0 Å². The van der Waals surface area contributed by atoms with Crippen molar-refractivity contribution in [1.29, 1.82) is 0 Å². The first kappa shape index (κ1) is 22.7. The molecular formula is C28H29N5O3. The van der Waals surface area contributed by atoms with Crippen LogP contribution in [0.15, 0.2) is 60.9 Å². The molecule has 0 saturated carbocycles. The number of fused-ring (bicyclic) bond motifs is 1. The number of aromatic nitrogens is 2. The highest BCUT2D eigenvalue weighted by Crippen LogP contribution is 2.34. The summed E-state index contributed by atoms with van der Waals surface area (Å²) in [5.74, 6) is -0.274. The maximum atomic E-state index is 13.0. The molecule has 8 nitrogen and oxygen atoms in total. The molecule has 3 aliphatic heterocycles. The van der Waals surface area contributed by atoms with Crippen molar-refractivity contribution in [3.8, 4) is 5.69 Å². The molecule has 3 amide bonds. The lowest BCUT2D eigenvalue weighted by molar-refractivity contribution is -0.136. The number of nitrogens with zero attached hydrogens (tertiary/aromatic N) is 4. The van der Waals surface area contributed by atoms with Crippen LogP contribution in [0.25, 0.3) is 5.69 Å². The lowest BCUT2D eigenvalue weighted by Gasteiger charge is -2.32. The Labute approximate surface area is 209 Å². The summed E-state index contributed by atoms with van der Waals surface area (Å²) in [5, 5.41) is 6.65. The predicted molar refractivity (Wildman–Crippen MR) is 133 cm³/mol. The van der Waals surface area contributed by atoms with Crippen molar-refractivity contribution in [1.82, 2.24) is 24.9 Å². The van der Waals surface area contributed by atoms with Crippen molar-refractivity contribution in [2.75, 3.05) is 13.1 Å². The van der Waals surface area contributed by atoms with Crippen LogP contribution in [-0.2, 0) is 22.7 Å². The van der Waals surface area contributed by atoms with Gasteiger partial charge in [0, 0.05) is 37.5 Å². The fourth-order valence-electron chi connectivity index (χ4n) is 5.71. The minimum absolute atomic E-state index is 0.112. The molecule has 6 rings (SSSR count). The number of benzene rings is 2. The summed E-state index contributed by atoms with van der Waals surface area (Å²) in [5.41, 5.74) is 5.30. The molecule has 36 heavy (non-hydrogen) atoms. The van der Waals surface area contributed by atoms with E-state index >= 15 is 0 Å². The van der Waals surface area contributed by atoms with Crippen LogP contribution in [0, 0.1) is 0 Å². The number of piperidine rings is 2. The molecular weight excluding hydrogens is 454 g/mol. The van der Waals surface area contributed by atoms with Crippen LogP contribution in [0.1, 0.15) is 58.6 Å². The first-order chi connectivity index (χ1) is 17.5. The van der Waals surface area contributed by atoms with Crippen molar-refractivity contribution in [2.45, 2.75) is 50.7 Å². The number of hydrogen-bond acceptors (Lipinski definition) is 5. The number of nitrogens with one attached hydrogen (secondary N) is 1. The van der Waals surface area contributed by atoms with E-state index in [-0.39, 0.29) is 24.1 Å². The highest BCUT2D eigenvalue weighted by Gasteiger charge is 2.39. The topological polar surface area (TPSA) is 87.5 Å². The Morgan fingerprint density at radius 2 is 1.78 bits per heavy atom. The second-order valence-electron chi connectivity index (χ2n) is 9.98. The summed E-state index contributed by atoms with van der Waals surface area (Å²) >= 11 is 0. The molecule has 4 heterocycles. The molecule has 3 aliphatic rings. The Bertz CT molecular complexity index is 1290. The largest absolute Gasteiger partial charge is 0.322 e. The molecule has 3 aromatic rings. The molecule has 0 bridgehead atoms. The minimum Gasteiger partial charge on any atom is -0.322 e. The number of hydrogen-bond donors (Lipinski definition) is 1. The summed E-state index contributed by atoms with van der Waals surface area (Å²) in [6, 6.07) is 16.1. The third kappa shape index (κ3) is 4.33. The predicted octanol–water partition coefficient (Wildman–Crippen LogP) is 3.01. The molecule has 8 heteroatoms. The molecule has 0 spiro atoms. The summed E-state index contributed by atoms with van der Waals surface area (Å²) in [4.78, 5) is 40.9. The third-order valence-electron chi connectivity index (χ3n) is 7.72. The molecule has 2 aromatic carbocycles. The van der Waals surface area contributed by atoms with Crippen molar-refractivity contribution >= 4 is 17.7 Å². The maximum Gasteiger partial charge on any atom is 0.255 e. The van der Waals surface area contributed by atoms with Gasteiger partial charge >= 0.3 is 0 Å². The van der Waals surface area contributed by atoms with Crippen LogP contribution in [0.5, 0.6) is 0 Å². The van der Waals surface area contributed by atoms with E-state index in [0.717, 1.165) is 43.7 Å². The third-order valence-corrected chi connectivity index (χ3v) is 7.72. The molecule has 2 saturated heterocycles. The maximum absolute atomic E-state index is 13.0. The van der Waals surface area contributed by atoms with Gasteiger partial charge in [0.25, 0.3) is 5.91 Å². The number of amides is 3. The van der Waals surface area contributed by atoms with Gasteiger partial charge in [-0.15, -0.1) is 0 Å². The first-order valence-electron chi connectivity index (χ1n) is 12.6. The van der Waals surface area contributed by atoms with Crippen LogP contribution in [0.4, 0.5) is 0 Å². The quantitative estimate of drug-likeness (QED) is 0.564. The molecule has 1 N–H and O–H groups in total. The minimum atomic E-state index is -0.567. The molecule has 2 fully saturated rings. The van der Waals surface area contributed by atoms with E-state index in [0.29, 0.717) is 24.4 Å². The van der Waals surface area contributed by atoms with Gasteiger partial charge in [0.1, 0.15) is 6.04 Å². The van der Waals surface area contributed by atoms with Crippen molar-refractivity contribution < 1.29 is 14.4 Å². The Kier molecular flexibility index (Phi) is 5.89. The second kappa shape index (κ2) is 9.35. The number of imide groups is 1. The van der Waals surface area contributed by atoms with E-state index < -0.39 is 6.04 Å². The van der Waals surface area contributed by atoms with Crippen molar-refractivity contribution in [3.63, 3.8) is 0 Å². The molecule has 0 aliphatic carbocycles. The highest BCUT2D eigenvalue weighted by molar-refractivity contribution is 6.05. The smallest absolute Gasteiger partial charge is 0.255 e. The average molecular weight is 484 g/mol. The summed E-state index contributed by atoms with van der Waals surface area (Å²) < 4.78 is 1.86. The Hall–Kier alpha value is -3.78. The van der Waals surface area contributed by atoms with E-state index in [2.05, 4.69) is 51.7 Å². The zero-order valence-electron chi connectivity index (χ0n) is 20.1. The van der Waals surface area contributed by atoms with E-state index in [1.54, 1.807) is 11.1 Å². The Morgan fingerprint density at radius 1 is 0.972 bits per heavy atom. The monoisotopic (exact) mass is 483 g/mol. The molecule has 184 valence electrons. The van der Waals surface area contributed by atoms with Gasteiger partial charge in [-0.1, -0.05) is 24.3 Å².